The zero-order chi connectivity index (χ0) is 15.0. The monoisotopic (exact) mass is 279 g/mol. The van der Waals surface area contributed by atoms with E-state index in [1.165, 1.54) is 0 Å². The Balaban J connectivity index is 2.68. The van der Waals surface area contributed by atoms with E-state index in [0.717, 1.165) is 24.3 Å². The van der Waals surface area contributed by atoms with Gasteiger partial charge in [0, 0.05) is 29.4 Å². The van der Waals surface area contributed by atoms with Gasteiger partial charge in [-0.1, -0.05) is 5.43 Å². The third-order valence-electron chi connectivity index (χ3n) is 2.64. The van der Waals surface area contributed by atoms with Crippen LogP contribution in [0, 0.1) is 10.1 Å². The van der Waals surface area contributed by atoms with Crippen LogP contribution in [0.25, 0.3) is 0 Å². The number of rotatable bonds is 6. The number of guanidine groups is 1. The summed E-state index contributed by atoms with van der Waals surface area (Å²) < 4.78 is 0. The Hall–Kier alpha value is -2.64. The van der Waals surface area contributed by atoms with Crippen molar-refractivity contribution in [1.29, 1.82) is 0 Å². The molecule has 0 saturated heterocycles. The zero-order valence-electron chi connectivity index (χ0n) is 11.5. The van der Waals surface area contributed by atoms with E-state index in [2.05, 4.69) is 29.0 Å². The van der Waals surface area contributed by atoms with Crippen LogP contribution in [0.3, 0.4) is 0 Å². The molecule has 0 bridgehead atoms. The lowest BCUT2D eigenvalue weighted by Gasteiger charge is -2.20. The van der Waals surface area contributed by atoms with Crippen molar-refractivity contribution in [3.05, 3.63) is 39.9 Å². The first kappa shape index (κ1) is 15.4. The van der Waals surface area contributed by atoms with E-state index in [1.54, 1.807) is 11.6 Å². The molecule has 0 heterocycles. The van der Waals surface area contributed by atoms with Gasteiger partial charge in [0.25, 0.3) is 0 Å². The fourth-order valence-electron chi connectivity index (χ4n) is 1.67. The predicted molar refractivity (Wildman–Crippen MR) is 77.9 cm³/mol. The molecule has 0 aromatic heterocycles. The molecule has 1 aromatic carbocycles. The second-order valence-electron chi connectivity index (χ2n) is 3.90. The second-order valence-corrected chi connectivity index (χ2v) is 3.90. The van der Waals surface area contributed by atoms with E-state index in [9.17, 15) is 10.1 Å². The van der Waals surface area contributed by atoms with Gasteiger partial charge in [-0.25, -0.2) is 10.1 Å². The molecule has 0 unspecified atom stereocenters. The second kappa shape index (κ2) is 7.72. The van der Waals surface area contributed by atoms with Crippen molar-refractivity contribution in [2.75, 3.05) is 18.0 Å². The van der Waals surface area contributed by atoms with Gasteiger partial charge in [0.05, 0.1) is 0 Å². The van der Waals surface area contributed by atoms with Crippen LogP contribution < -0.4 is 21.2 Å². The van der Waals surface area contributed by atoms with Gasteiger partial charge in [-0.15, -0.1) is 5.10 Å². The van der Waals surface area contributed by atoms with Crippen molar-refractivity contribution < 1.29 is 10.1 Å². The molecule has 20 heavy (non-hydrogen) atoms. The third kappa shape index (κ3) is 4.92. The van der Waals surface area contributed by atoms with Crippen LogP contribution in [0.2, 0.25) is 0 Å². The molecular formula is C12H19N6O2+. The van der Waals surface area contributed by atoms with Gasteiger partial charge in [-0.3, -0.25) is 0 Å². The molecule has 0 amide bonds. The normalized spacial score (nSPS) is 11.6. The molecular weight excluding hydrogens is 260 g/mol. The summed E-state index contributed by atoms with van der Waals surface area (Å²) in [5.41, 5.74) is 9.01. The van der Waals surface area contributed by atoms with E-state index < -0.39 is 5.03 Å². The number of hydrazone groups is 1. The summed E-state index contributed by atoms with van der Waals surface area (Å²) in [7, 11) is 0. The first-order valence-corrected chi connectivity index (χ1v) is 6.24. The van der Waals surface area contributed by atoms with E-state index in [1.807, 2.05) is 24.3 Å². The number of anilines is 1. The van der Waals surface area contributed by atoms with Gasteiger partial charge in [-0.05, 0) is 38.1 Å². The van der Waals surface area contributed by atoms with Crippen molar-refractivity contribution in [2.24, 2.45) is 10.8 Å². The van der Waals surface area contributed by atoms with Crippen LogP contribution in [0.15, 0.2) is 29.4 Å². The molecule has 4 N–H and O–H groups in total. The lowest BCUT2D eigenvalue weighted by atomic mass is 10.2. The maximum atomic E-state index is 10.1. The summed E-state index contributed by atoms with van der Waals surface area (Å²) in [6.07, 6.45) is 1.60. The van der Waals surface area contributed by atoms with Crippen LogP contribution in [0.5, 0.6) is 0 Å². The molecule has 0 aliphatic heterocycles. The molecule has 0 spiro atoms. The number of nitro groups is 1. The van der Waals surface area contributed by atoms with Gasteiger partial charge in [0.15, 0.2) is 5.03 Å². The Morgan fingerprint density at radius 1 is 1.45 bits per heavy atom. The number of benzene rings is 1. The Morgan fingerprint density at radius 3 is 2.55 bits per heavy atom. The van der Waals surface area contributed by atoms with Crippen molar-refractivity contribution in [1.82, 2.24) is 5.43 Å². The Bertz CT molecular complexity index is 493. The van der Waals surface area contributed by atoms with Crippen LogP contribution >= 0.6 is 0 Å². The molecule has 108 valence electrons. The van der Waals surface area contributed by atoms with Crippen LogP contribution in [-0.4, -0.2) is 30.3 Å². The summed E-state index contributed by atoms with van der Waals surface area (Å²) in [5.74, 6) is -0.314. The molecule has 1 aromatic rings. The molecule has 8 heteroatoms. The molecule has 0 fully saturated rings. The summed E-state index contributed by atoms with van der Waals surface area (Å²) in [4.78, 5) is 12.3. The molecule has 1 rings (SSSR count). The molecule has 8 nitrogen and oxygen atoms in total. The number of nitrogens with zero attached hydrogens (tertiary/aromatic N) is 3. The Kier molecular flexibility index (Phi) is 5.95. The number of hydrogen-bond acceptors (Lipinski definition) is 4. The van der Waals surface area contributed by atoms with Gasteiger partial charge in [0.2, 0.25) is 6.21 Å². The van der Waals surface area contributed by atoms with Gasteiger partial charge < -0.3 is 10.6 Å². The quantitative estimate of drug-likeness (QED) is 0.269. The first-order valence-electron chi connectivity index (χ1n) is 6.24. The fraction of sp³-hybridized carbons (Fsp3) is 0.333. The minimum Gasteiger partial charge on any atom is -0.372 e. The average molecular weight is 279 g/mol. The molecule has 0 saturated carbocycles. The number of hydrogen-bond donors (Lipinski definition) is 3. The van der Waals surface area contributed by atoms with E-state index >= 15 is 0 Å². The van der Waals surface area contributed by atoms with E-state index in [4.69, 9.17) is 5.73 Å². The van der Waals surface area contributed by atoms with Gasteiger partial charge in [0.1, 0.15) is 0 Å². The highest BCUT2D eigenvalue weighted by Crippen LogP contribution is 2.13. The smallest absolute Gasteiger partial charge is 0.319 e. The lowest BCUT2D eigenvalue weighted by Crippen LogP contribution is -2.64. The van der Waals surface area contributed by atoms with Gasteiger partial charge >= 0.3 is 5.96 Å². The van der Waals surface area contributed by atoms with Crippen molar-refractivity contribution in [3.8, 4) is 0 Å². The molecule has 0 atom stereocenters. The summed E-state index contributed by atoms with van der Waals surface area (Å²) in [6.45, 7) is 6.10. The SMILES string of the molecule is CCN(CC)c1ccc(C=[NH+]N=C(N)N[N+](=O)[O-])cc1. The Morgan fingerprint density at radius 2 is 2.05 bits per heavy atom. The average Bonchev–Trinajstić information content (AvgIpc) is 2.41. The summed E-state index contributed by atoms with van der Waals surface area (Å²) in [6, 6.07) is 7.85. The van der Waals surface area contributed by atoms with Crippen LogP contribution in [-0.2, 0) is 0 Å². The highest BCUT2D eigenvalue weighted by molar-refractivity contribution is 5.77. The summed E-state index contributed by atoms with van der Waals surface area (Å²) >= 11 is 0. The zero-order valence-corrected chi connectivity index (χ0v) is 11.5. The first-order chi connectivity index (χ1) is 9.56. The van der Waals surface area contributed by atoms with Crippen molar-refractivity contribution >= 4 is 17.9 Å². The lowest BCUT2D eigenvalue weighted by molar-refractivity contribution is -0.528. The van der Waals surface area contributed by atoms with Crippen LogP contribution in [0.4, 0.5) is 5.69 Å². The molecule has 0 aliphatic rings. The highest BCUT2D eigenvalue weighted by atomic mass is 16.7. The number of nitrogens with two attached hydrogens (primary N) is 1. The standard InChI is InChI=1S/C12H18N6O2/c1-3-17(4-2)11-7-5-10(6-8-11)9-14-15-12(13)16-18(19)20/h5-9H,3-4H2,1-2H3,(H3,13,15,16)/p+1. The largest absolute Gasteiger partial charge is 0.372 e. The number of nitrogens with one attached hydrogen (secondary N) is 2. The maximum Gasteiger partial charge on any atom is 0.319 e. The van der Waals surface area contributed by atoms with E-state index in [-0.39, 0.29) is 5.96 Å². The molecule has 0 aliphatic carbocycles. The highest BCUT2D eigenvalue weighted by Gasteiger charge is 2.02. The fourth-order valence-corrected chi connectivity index (χ4v) is 1.67. The minimum absolute atomic E-state index is 0.314. The maximum absolute atomic E-state index is 10.1. The van der Waals surface area contributed by atoms with Gasteiger partial charge in [-0.2, -0.15) is 0 Å². The minimum atomic E-state index is -0.778. The predicted octanol–water partition coefficient (Wildman–Crippen LogP) is -0.957. The van der Waals surface area contributed by atoms with Crippen molar-refractivity contribution in [3.63, 3.8) is 0 Å². The van der Waals surface area contributed by atoms with Crippen molar-refractivity contribution in [2.45, 2.75) is 13.8 Å². The Labute approximate surface area is 117 Å². The topological polar surface area (TPSA) is 111 Å². The van der Waals surface area contributed by atoms with Crippen LogP contribution in [0.1, 0.15) is 19.4 Å². The summed E-state index contributed by atoms with van der Waals surface area (Å²) in [5, 5.41) is 15.4. The van der Waals surface area contributed by atoms with E-state index in [0.29, 0.717) is 0 Å². The molecule has 0 radical (unpaired) electrons. The third-order valence-corrected chi connectivity index (χ3v) is 2.64. The number of hydrazine groups is 1.